The van der Waals surface area contributed by atoms with E-state index in [0.29, 0.717) is 10.8 Å². The summed E-state index contributed by atoms with van der Waals surface area (Å²) in [6, 6.07) is -5.92. The van der Waals surface area contributed by atoms with E-state index in [9.17, 15) is 62.5 Å². The number of carbonyl (C=O) groups excluding carboxylic acids is 7. The molecule has 0 radical (unpaired) electrons. The van der Waals surface area contributed by atoms with E-state index < -0.39 is 139 Å². The Hall–Kier alpha value is -5.74. The van der Waals surface area contributed by atoms with Crippen LogP contribution in [0.4, 0.5) is 4.39 Å². The highest BCUT2D eigenvalue weighted by molar-refractivity contribution is 8.76. The zero-order chi connectivity index (χ0) is 43.8. The van der Waals surface area contributed by atoms with Gasteiger partial charge in [0.2, 0.25) is 41.3 Å². The average Bonchev–Trinajstić information content (AvgIpc) is 3.57. The van der Waals surface area contributed by atoms with Gasteiger partial charge in [-0.1, -0.05) is 21.6 Å². The number of aliphatic hydroxyl groups excluding tert-OH is 1. The monoisotopic (exact) mass is 877 g/mol. The second-order valence-corrected chi connectivity index (χ2v) is 15.4. The number of amides is 6. The lowest BCUT2D eigenvalue weighted by Gasteiger charge is -2.22. The second-order valence-electron chi connectivity index (χ2n) is 12.8. The number of aromatic amines is 1. The van der Waals surface area contributed by atoms with Crippen LogP contribution in [0.3, 0.4) is 0 Å². The molecule has 3 rings (SSSR count). The maximum atomic E-state index is 13.8. The van der Waals surface area contributed by atoms with E-state index in [4.69, 9.17) is 26.7 Å². The van der Waals surface area contributed by atoms with Gasteiger partial charge in [-0.25, -0.2) is 9.59 Å². The number of nitrogens with one attached hydrogen (secondary N) is 6. The summed E-state index contributed by atoms with van der Waals surface area (Å²) in [5.41, 5.74) is 13.6. The molecule has 59 heavy (non-hydrogen) atoms. The number of ether oxygens (including phenoxy) is 2. The second kappa shape index (κ2) is 23.0. The van der Waals surface area contributed by atoms with Gasteiger partial charge in [0.25, 0.3) is 5.56 Å². The maximum absolute atomic E-state index is 13.8. The number of halogens is 1. The molecule has 2 aliphatic heterocycles. The molecule has 2 saturated heterocycles. The predicted molar refractivity (Wildman–Crippen MR) is 203 cm³/mol. The van der Waals surface area contributed by atoms with Crippen LogP contribution in [0, 0.1) is 5.82 Å². The minimum absolute atomic E-state index is 0.0440. The van der Waals surface area contributed by atoms with Gasteiger partial charge in [0.15, 0.2) is 5.96 Å². The van der Waals surface area contributed by atoms with Crippen LogP contribution in [0.15, 0.2) is 20.8 Å². The van der Waals surface area contributed by atoms with Crippen molar-refractivity contribution in [3.05, 3.63) is 32.9 Å². The molecule has 0 spiro atoms. The van der Waals surface area contributed by atoms with Crippen molar-refractivity contribution in [1.82, 2.24) is 36.1 Å². The number of carbonyl (C=O) groups is 8. The van der Waals surface area contributed by atoms with E-state index in [1.165, 1.54) is 0 Å². The fourth-order valence-electron chi connectivity index (χ4n) is 5.40. The Bertz CT molecular complexity index is 1900. The predicted octanol–water partition coefficient (Wildman–Crippen LogP) is -5.89. The van der Waals surface area contributed by atoms with Gasteiger partial charge in [0, 0.05) is 30.9 Å². The van der Waals surface area contributed by atoms with Gasteiger partial charge in [0.1, 0.15) is 42.6 Å². The summed E-state index contributed by atoms with van der Waals surface area (Å²) in [6.45, 7) is -1.38. The molecule has 0 unspecified atom stereocenters. The Balaban J connectivity index is 1.71. The fourth-order valence-corrected chi connectivity index (χ4v) is 7.72. The molecule has 2 aliphatic rings. The molecule has 6 amide bonds. The number of aromatic nitrogens is 2. The lowest BCUT2D eigenvalue weighted by Crippen LogP contribution is -2.56. The number of nitrogens with two attached hydrogens (primary N) is 3. The number of aliphatic hydroxyl groups is 1. The quantitative estimate of drug-likeness (QED) is 0.0272. The largest absolute Gasteiger partial charge is 0.480 e. The first-order chi connectivity index (χ1) is 27.9. The summed E-state index contributed by atoms with van der Waals surface area (Å²) in [5.74, 6) is -10.2. The van der Waals surface area contributed by atoms with Gasteiger partial charge in [-0.05, 0) is 12.8 Å². The fraction of sp³-hybridized carbons (Fsp3) is 0.581. The minimum atomic E-state index is -1.65. The smallest absolute Gasteiger partial charge is 0.330 e. The van der Waals surface area contributed by atoms with Crippen LogP contribution in [0.1, 0.15) is 44.8 Å². The van der Waals surface area contributed by atoms with E-state index in [1.54, 1.807) is 4.98 Å². The lowest BCUT2D eigenvalue weighted by molar-refractivity contribution is -0.154. The molecule has 1 aromatic heterocycles. The van der Waals surface area contributed by atoms with E-state index in [0.717, 1.165) is 21.6 Å². The van der Waals surface area contributed by atoms with Crippen molar-refractivity contribution in [2.24, 2.45) is 22.2 Å². The summed E-state index contributed by atoms with van der Waals surface area (Å²) in [7, 11) is 1.76. The number of rotatable bonds is 14. The zero-order valence-corrected chi connectivity index (χ0v) is 32.6. The average molecular weight is 878 g/mol. The molecular formula is C31H44FN11O14S2. The van der Waals surface area contributed by atoms with Gasteiger partial charge in [0.05, 0.1) is 32.2 Å². The standard InChI is InChI=1S/C31H44FN11O14S2/c32-13-9-43(31(55)42-25(13)49)23-7-18(19(10-44)56-23)57-24(48)4-3-21(46)39-16-11-58-59-12-17(29(53)54)41-27(51)14(2-1-5-36-30(34)35)38-22(47)8-37-26(50)15(6-20(33)45)40-28(16)52/h9,14-19,23,44H,1-8,10-12H2,(H2,33,45)(H,37,50)(H,38,47)(H,39,46)(H,40,52)(H,41,51)(H,53,54)(H4,34,35,36)(H,42,49,55)/t14-,15+,16+,17+,18-,19+,23+/m0/s1. The number of primary amides is 1. The number of aliphatic imine (C=N–C) groups is 1. The molecule has 28 heteroatoms. The van der Waals surface area contributed by atoms with Gasteiger partial charge in [-0.3, -0.25) is 52.9 Å². The number of hydrogen-bond donors (Lipinski definition) is 11. The number of hydrogen-bond acceptors (Lipinski definition) is 16. The van der Waals surface area contributed by atoms with Gasteiger partial charge in [-0.15, -0.1) is 0 Å². The molecule has 2 fully saturated rings. The third-order valence-corrected chi connectivity index (χ3v) is 10.7. The Morgan fingerprint density at radius 1 is 0.983 bits per heavy atom. The van der Waals surface area contributed by atoms with E-state index in [1.807, 2.05) is 0 Å². The summed E-state index contributed by atoms with van der Waals surface area (Å²) >= 11 is 0. The molecule has 0 aromatic carbocycles. The number of aliphatic carboxylic acids is 1. The van der Waals surface area contributed by atoms with Crippen LogP contribution in [0.2, 0.25) is 0 Å². The summed E-state index contributed by atoms with van der Waals surface area (Å²) < 4.78 is 25.4. The van der Waals surface area contributed by atoms with Crippen molar-refractivity contribution in [1.29, 1.82) is 0 Å². The summed E-state index contributed by atoms with van der Waals surface area (Å²) in [6.07, 6.45) is -4.99. The molecule has 7 atom stereocenters. The van der Waals surface area contributed by atoms with Gasteiger partial charge in [-0.2, -0.15) is 4.39 Å². The van der Waals surface area contributed by atoms with Crippen molar-refractivity contribution in [2.75, 3.05) is 31.2 Å². The first-order valence-corrected chi connectivity index (χ1v) is 20.1. The number of esters is 1. The van der Waals surface area contributed by atoms with Crippen LogP contribution in [-0.4, -0.2) is 141 Å². The van der Waals surface area contributed by atoms with Crippen molar-refractivity contribution < 1.29 is 62.4 Å². The Kier molecular flexibility index (Phi) is 18.6. The van der Waals surface area contributed by atoms with Crippen molar-refractivity contribution in [3.8, 4) is 0 Å². The van der Waals surface area contributed by atoms with Crippen LogP contribution >= 0.6 is 21.6 Å². The van der Waals surface area contributed by atoms with Crippen LogP contribution in [0.25, 0.3) is 0 Å². The molecule has 14 N–H and O–H groups in total. The third kappa shape index (κ3) is 15.5. The van der Waals surface area contributed by atoms with Crippen molar-refractivity contribution in [2.45, 2.75) is 81.1 Å². The first-order valence-electron chi connectivity index (χ1n) is 17.6. The molecule has 1 aromatic rings. The van der Waals surface area contributed by atoms with Crippen LogP contribution in [0.5, 0.6) is 0 Å². The highest BCUT2D eigenvalue weighted by Gasteiger charge is 2.39. The van der Waals surface area contributed by atoms with E-state index in [-0.39, 0.29) is 43.3 Å². The van der Waals surface area contributed by atoms with E-state index in [2.05, 4.69) is 31.6 Å². The van der Waals surface area contributed by atoms with Crippen molar-refractivity contribution >= 4 is 74.9 Å². The number of H-pyrrole nitrogens is 1. The molecular weight excluding hydrogens is 834 g/mol. The van der Waals surface area contributed by atoms with Gasteiger partial charge >= 0.3 is 17.6 Å². The molecule has 0 saturated carbocycles. The molecule has 25 nitrogen and oxygen atoms in total. The highest BCUT2D eigenvalue weighted by Crippen LogP contribution is 2.30. The van der Waals surface area contributed by atoms with Crippen molar-refractivity contribution in [3.63, 3.8) is 0 Å². The topological polar surface area (TPSA) is 401 Å². The molecule has 0 bridgehead atoms. The van der Waals surface area contributed by atoms with Gasteiger partial charge < -0.3 is 63.5 Å². The molecule has 3 heterocycles. The first kappa shape index (κ1) is 47.6. The SMILES string of the molecule is NC(=O)C[C@H]1NC(=O)[C@H](NC(=O)CCC(=O)O[C@H]2C[C@H](n3cc(F)c(=O)[nH]c3=O)O[C@@H]2CO)CSSC[C@H](C(=O)O)NC(=O)[C@H](CCCN=C(N)N)NC(=O)CNC1=O. The maximum Gasteiger partial charge on any atom is 0.330 e. The van der Waals surface area contributed by atoms with Crippen LogP contribution < -0.4 is 55.0 Å². The number of nitrogens with zero attached hydrogens (tertiary/aromatic N) is 2. The summed E-state index contributed by atoms with van der Waals surface area (Å²) in [4.78, 5) is 131. The van der Waals surface area contributed by atoms with E-state index >= 15 is 0 Å². The Labute approximate surface area is 340 Å². The molecule has 0 aliphatic carbocycles. The lowest BCUT2D eigenvalue weighted by atomic mass is 10.1. The highest BCUT2D eigenvalue weighted by atomic mass is 33.1. The minimum Gasteiger partial charge on any atom is -0.480 e. The zero-order valence-electron chi connectivity index (χ0n) is 31.0. The molecule has 326 valence electrons. The van der Waals surface area contributed by atoms with Crippen LogP contribution in [-0.2, 0) is 47.8 Å². The Morgan fingerprint density at radius 3 is 2.36 bits per heavy atom. The summed E-state index contributed by atoms with van der Waals surface area (Å²) in [5, 5.41) is 31.1. The number of guanidine groups is 1. The normalized spacial score (nSPS) is 24.6. The Morgan fingerprint density at radius 2 is 1.69 bits per heavy atom. The third-order valence-electron chi connectivity index (χ3n) is 8.31. The number of carboxylic acids is 1. The number of carboxylic acid groups (broad SMARTS) is 1.